The fraction of sp³-hybridized carbons (Fsp3) is 0.600. The lowest BCUT2D eigenvalue weighted by Gasteiger charge is -2.28. The van der Waals surface area contributed by atoms with Gasteiger partial charge in [0.05, 0.1) is 6.61 Å². The molecular formula is C15H24N2O. The molecule has 0 aliphatic carbocycles. The van der Waals surface area contributed by atoms with Crippen LogP contribution in [0.5, 0.6) is 0 Å². The molecule has 0 saturated carbocycles. The SMILES string of the molecule is CN(CCO)CC1CCCN1Cc1ccccc1. The predicted octanol–water partition coefficient (Wildman–Crippen LogP) is 1.58. The lowest BCUT2D eigenvalue weighted by Crippen LogP contribution is -2.39. The summed E-state index contributed by atoms with van der Waals surface area (Å²) >= 11 is 0. The highest BCUT2D eigenvalue weighted by Gasteiger charge is 2.25. The molecule has 1 atom stereocenters. The molecule has 3 nitrogen and oxygen atoms in total. The normalized spacial score (nSPS) is 20.7. The molecule has 2 rings (SSSR count). The van der Waals surface area contributed by atoms with Crippen molar-refractivity contribution in [3.05, 3.63) is 35.9 Å². The Hall–Kier alpha value is -0.900. The molecule has 1 aromatic rings. The molecule has 3 heteroatoms. The number of hydrogen-bond donors (Lipinski definition) is 1. The van der Waals surface area contributed by atoms with E-state index in [2.05, 4.69) is 47.2 Å². The van der Waals surface area contributed by atoms with Crippen molar-refractivity contribution in [3.63, 3.8) is 0 Å². The first-order chi connectivity index (χ1) is 8.79. The van der Waals surface area contributed by atoms with Crippen LogP contribution in [0.1, 0.15) is 18.4 Å². The average Bonchev–Trinajstić information content (AvgIpc) is 2.78. The number of rotatable bonds is 6. The summed E-state index contributed by atoms with van der Waals surface area (Å²) in [6.07, 6.45) is 2.58. The topological polar surface area (TPSA) is 26.7 Å². The van der Waals surface area contributed by atoms with Crippen molar-refractivity contribution in [2.75, 3.05) is 33.3 Å². The molecule has 0 aromatic heterocycles. The highest BCUT2D eigenvalue weighted by molar-refractivity contribution is 5.14. The van der Waals surface area contributed by atoms with Gasteiger partial charge in [-0.05, 0) is 32.0 Å². The first kappa shape index (κ1) is 13.5. The second-order valence-electron chi connectivity index (χ2n) is 5.24. The van der Waals surface area contributed by atoms with E-state index in [1.807, 2.05) is 0 Å². The van der Waals surface area contributed by atoms with Crippen LogP contribution >= 0.6 is 0 Å². The Kier molecular flexibility index (Phi) is 5.17. The van der Waals surface area contributed by atoms with Crippen LogP contribution in [0.15, 0.2) is 30.3 Å². The van der Waals surface area contributed by atoms with E-state index in [0.29, 0.717) is 6.04 Å². The quantitative estimate of drug-likeness (QED) is 0.828. The maximum atomic E-state index is 8.96. The van der Waals surface area contributed by atoms with Crippen molar-refractivity contribution >= 4 is 0 Å². The molecule has 1 saturated heterocycles. The summed E-state index contributed by atoms with van der Waals surface area (Å²) in [5.74, 6) is 0. The Balaban J connectivity index is 1.87. The van der Waals surface area contributed by atoms with Gasteiger partial charge in [-0.25, -0.2) is 0 Å². The number of likely N-dealkylation sites (N-methyl/N-ethyl adjacent to an activating group) is 1. The van der Waals surface area contributed by atoms with Gasteiger partial charge in [0.25, 0.3) is 0 Å². The number of benzene rings is 1. The van der Waals surface area contributed by atoms with Gasteiger partial charge in [-0.1, -0.05) is 30.3 Å². The summed E-state index contributed by atoms with van der Waals surface area (Å²) in [6.45, 7) is 4.34. The number of aliphatic hydroxyl groups excluding tert-OH is 1. The van der Waals surface area contributed by atoms with E-state index in [9.17, 15) is 0 Å². The molecule has 1 unspecified atom stereocenters. The van der Waals surface area contributed by atoms with Crippen LogP contribution in [0, 0.1) is 0 Å². The van der Waals surface area contributed by atoms with Crippen LogP contribution < -0.4 is 0 Å². The van der Waals surface area contributed by atoms with Gasteiger partial charge in [0.15, 0.2) is 0 Å². The highest BCUT2D eigenvalue weighted by atomic mass is 16.3. The second kappa shape index (κ2) is 6.88. The Morgan fingerprint density at radius 2 is 2.11 bits per heavy atom. The molecule has 1 aromatic carbocycles. The Labute approximate surface area is 110 Å². The van der Waals surface area contributed by atoms with Crippen LogP contribution in [0.3, 0.4) is 0 Å². The van der Waals surface area contributed by atoms with Gasteiger partial charge in [0.1, 0.15) is 0 Å². The van der Waals surface area contributed by atoms with Crippen molar-refractivity contribution in [2.24, 2.45) is 0 Å². The fourth-order valence-corrected chi connectivity index (χ4v) is 2.75. The molecule has 1 aliphatic heterocycles. The van der Waals surface area contributed by atoms with E-state index < -0.39 is 0 Å². The molecule has 0 spiro atoms. The smallest absolute Gasteiger partial charge is 0.0558 e. The summed E-state index contributed by atoms with van der Waals surface area (Å²) in [4.78, 5) is 4.80. The predicted molar refractivity (Wildman–Crippen MR) is 74.5 cm³/mol. The van der Waals surface area contributed by atoms with E-state index >= 15 is 0 Å². The molecular weight excluding hydrogens is 224 g/mol. The average molecular weight is 248 g/mol. The van der Waals surface area contributed by atoms with Crippen molar-refractivity contribution in [1.82, 2.24) is 9.80 Å². The van der Waals surface area contributed by atoms with Crippen LogP contribution in [-0.4, -0.2) is 54.2 Å². The third kappa shape index (κ3) is 3.80. The lowest BCUT2D eigenvalue weighted by molar-refractivity contribution is 0.162. The number of aliphatic hydroxyl groups is 1. The third-order valence-corrected chi connectivity index (χ3v) is 3.73. The largest absolute Gasteiger partial charge is 0.395 e. The third-order valence-electron chi connectivity index (χ3n) is 3.73. The van der Waals surface area contributed by atoms with Gasteiger partial charge in [0, 0.05) is 25.7 Å². The van der Waals surface area contributed by atoms with Gasteiger partial charge in [-0.2, -0.15) is 0 Å². The van der Waals surface area contributed by atoms with E-state index in [0.717, 1.165) is 19.6 Å². The molecule has 0 bridgehead atoms. The first-order valence-corrected chi connectivity index (χ1v) is 6.87. The van der Waals surface area contributed by atoms with Crippen LogP contribution in [0.25, 0.3) is 0 Å². The Bertz CT molecular complexity index is 342. The summed E-state index contributed by atoms with van der Waals surface area (Å²) < 4.78 is 0. The highest BCUT2D eigenvalue weighted by Crippen LogP contribution is 2.20. The van der Waals surface area contributed by atoms with Gasteiger partial charge in [-0.15, -0.1) is 0 Å². The molecule has 1 heterocycles. The fourth-order valence-electron chi connectivity index (χ4n) is 2.75. The molecule has 1 aliphatic rings. The van der Waals surface area contributed by atoms with E-state index in [4.69, 9.17) is 5.11 Å². The minimum absolute atomic E-state index is 0.252. The van der Waals surface area contributed by atoms with Crippen molar-refractivity contribution in [3.8, 4) is 0 Å². The molecule has 1 fully saturated rings. The number of likely N-dealkylation sites (tertiary alicyclic amines) is 1. The summed E-state index contributed by atoms with van der Waals surface area (Å²) in [6, 6.07) is 11.3. The van der Waals surface area contributed by atoms with Crippen molar-refractivity contribution < 1.29 is 5.11 Å². The zero-order valence-electron chi connectivity index (χ0n) is 11.3. The minimum atomic E-state index is 0.252. The van der Waals surface area contributed by atoms with Gasteiger partial charge in [-0.3, -0.25) is 4.90 Å². The van der Waals surface area contributed by atoms with Crippen LogP contribution in [-0.2, 0) is 6.54 Å². The Morgan fingerprint density at radius 3 is 2.83 bits per heavy atom. The number of hydrogen-bond acceptors (Lipinski definition) is 3. The summed E-state index contributed by atoms with van der Waals surface area (Å²) in [7, 11) is 2.09. The molecule has 1 N–H and O–H groups in total. The molecule has 0 radical (unpaired) electrons. The standard InChI is InChI=1S/C15H24N2O/c1-16(10-11-18)13-15-8-5-9-17(15)12-14-6-3-2-4-7-14/h2-4,6-7,15,18H,5,8-13H2,1H3. The van der Waals surface area contributed by atoms with Gasteiger partial charge in [0.2, 0.25) is 0 Å². The number of nitrogens with zero attached hydrogens (tertiary/aromatic N) is 2. The molecule has 0 amide bonds. The van der Waals surface area contributed by atoms with E-state index in [1.54, 1.807) is 0 Å². The lowest BCUT2D eigenvalue weighted by atomic mass is 10.1. The zero-order valence-corrected chi connectivity index (χ0v) is 11.3. The molecule has 100 valence electrons. The van der Waals surface area contributed by atoms with Gasteiger partial charge >= 0.3 is 0 Å². The van der Waals surface area contributed by atoms with Crippen molar-refractivity contribution in [1.29, 1.82) is 0 Å². The Morgan fingerprint density at radius 1 is 1.33 bits per heavy atom. The summed E-state index contributed by atoms with van der Waals surface area (Å²) in [5, 5.41) is 8.96. The van der Waals surface area contributed by atoms with E-state index in [-0.39, 0.29) is 6.61 Å². The monoisotopic (exact) mass is 248 g/mol. The van der Waals surface area contributed by atoms with Crippen LogP contribution in [0.4, 0.5) is 0 Å². The second-order valence-corrected chi connectivity index (χ2v) is 5.24. The van der Waals surface area contributed by atoms with Crippen molar-refractivity contribution in [2.45, 2.75) is 25.4 Å². The molecule has 18 heavy (non-hydrogen) atoms. The maximum Gasteiger partial charge on any atom is 0.0558 e. The van der Waals surface area contributed by atoms with E-state index in [1.165, 1.54) is 24.9 Å². The maximum absolute atomic E-state index is 8.96. The minimum Gasteiger partial charge on any atom is -0.395 e. The van der Waals surface area contributed by atoms with Gasteiger partial charge < -0.3 is 10.0 Å². The zero-order chi connectivity index (χ0) is 12.8. The summed E-state index contributed by atoms with van der Waals surface area (Å²) in [5.41, 5.74) is 1.40. The van der Waals surface area contributed by atoms with Crippen LogP contribution in [0.2, 0.25) is 0 Å². The first-order valence-electron chi connectivity index (χ1n) is 6.87.